The number of carboxylic acids is 1. The van der Waals surface area contributed by atoms with E-state index in [1.807, 2.05) is 0 Å². The molecule has 0 atom stereocenters. The number of carbonyl (C=O) groups excluding carboxylic acids is 1. The highest BCUT2D eigenvalue weighted by atomic mass is 35.5. The number of aliphatic carboxylic acids is 1. The van der Waals surface area contributed by atoms with Gasteiger partial charge in [-0.25, -0.2) is 4.79 Å². The molecule has 1 N–H and O–H groups in total. The number of carboxylic acid groups (broad SMARTS) is 1. The molecule has 1 aromatic rings. The molecule has 0 heterocycles. The van der Waals surface area contributed by atoms with E-state index >= 15 is 0 Å². The largest absolute Gasteiger partial charge is 0.475 e. The van der Waals surface area contributed by atoms with Gasteiger partial charge in [0.1, 0.15) is 0 Å². The third kappa shape index (κ3) is 3.39. The molecule has 88 valence electrons. The monoisotopic (exact) mass is 255 g/mol. The molecule has 0 bridgehead atoms. The average molecular weight is 256 g/mol. The van der Waals surface area contributed by atoms with E-state index in [0.717, 1.165) is 18.2 Å². The molecule has 0 amide bonds. The summed E-state index contributed by atoms with van der Waals surface area (Å²) in [6.45, 7) is 0. The minimum absolute atomic E-state index is 0.185. The molecule has 0 radical (unpaired) electrons. The fraction of sp³-hybridized carbons (Fsp3) is 0. The Hall–Kier alpha value is -2.21. The molecule has 0 aromatic heterocycles. The minimum Gasteiger partial charge on any atom is -0.475 e. The molecule has 0 unspecified atom stereocenters. The minimum atomic E-state index is -1.61. The van der Waals surface area contributed by atoms with Crippen molar-refractivity contribution >= 4 is 35.1 Å². The van der Waals surface area contributed by atoms with Crippen LogP contribution in [0, 0.1) is 10.1 Å². The smallest absolute Gasteiger partial charge is 0.376 e. The van der Waals surface area contributed by atoms with Crippen LogP contribution in [0.25, 0.3) is 6.08 Å². The first-order chi connectivity index (χ1) is 7.91. The van der Waals surface area contributed by atoms with Gasteiger partial charge in [-0.05, 0) is 23.8 Å². The molecule has 0 aliphatic heterocycles. The molecule has 7 heteroatoms. The van der Waals surface area contributed by atoms with E-state index in [4.69, 9.17) is 16.7 Å². The van der Waals surface area contributed by atoms with Crippen LogP contribution < -0.4 is 0 Å². The van der Waals surface area contributed by atoms with Crippen LogP contribution in [0.4, 0.5) is 5.69 Å². The van der Waals surface area contributed by atoms with E-state index in [-0.39, 0.29) is 16.3 Å². The van der Waals surface area contributed by atoms with Crippen molar-refractivity contribution in [1.82, 2.24) is 0 Å². The summed E-state index contributed by atoms with van der Waals surface area (Å²) in [5, 5.41) is 19.0. The molecular weight excluding hydrogens is 250 g/mol. The second-order valence-corrected chi connectivity index (χ2v) is 3.37. The van der Waals surface area contributed by atoms with Gasteiger partial charge in [-0.15, -0.1) is 0 Å². The summed E-state index contributed by atoms with van der Waals surface area (Å²) in [7, 11) is 0. The lowest BCUT2D eigenvalue weighted by Gasteiger charge is -1.97. The first kappa shape index (κ1) is 12.9. The summed E-state index contributed by atoms with van der Waals surface area (Å²) in [4.78, 5) is 30.9. The summed E-state index contributed by atoms with van der Waals surface area (Å²) in [5.74, 6) is -2.74. The zero-order chi connectivity index (χ0) is 13.0. The molecule has 1 aromatic carbocycles. The normalized spacial score (nSPS) is 10.4. The van der Waals surface area contributed by atoms with Gasteiger partial charge in [0.25, 0.3) is 11.5 Å². The van der Waals surface area contributed by atoms with Crippen molar-refractivity contribution < 1.29 is 19.6 Å². The Morgan fingerprint density at radius 2 is 2.06 bits per heavy atom. The maximum absolute atomic E-state index is 10.8. The van der Waals surface area contributed by atoms with Gasteiger partial charge in [0.15, 0.2) is 0 Å². The number of benzene rings is 1. The molecule has 0 spiro atoms. The first-order valence-corrected chi connectivity index (χ1v) is 4.69. The number of rotatable bonds is 4. The van der Waals surface area contributed by atoms with Crippen molar-refractivity contribution in [2.75, 3.05) is 0 Å². The van der Waals surface area contributed by atoms with E-state index in [2.05, 4.69) is 0 Å². The van der Waals surface area contributed by atoms with Crippen molar-refractivity contribution in [2.45, 2.75) is 0 Å². The summed E-state index contributed by atoms with van der Waals surface area (Å²) in [5.41, 5.74) is 0.00675. The molecule has 1 rings (SSSR count). The summed E-state index contributed by atoms with van der Waals surface area (Å²) in [6, 6.07) is 3.65. The fourth-order valence-corrected chi connectivity index (χ4v) is 1.19. The number of ketones is 1. The number of halogens is 1. The van der Waals surface area contributed by atoms with Crippen molar-refractivity contribution in [2.24, 2.45) is 0 Å². The molecule has 0 saturated carbocycles. The van der Waals surface area contributed by atoms with Crippen LogP contribution in [0.3, 0.4) is 0 Å². The molecule has 17 heavy (non-hydrogen) atoms. The Balaban J connectivity index is 3.05. The Morgan fingerprint density at radius 1 is 1.41 bits per heavy atom. The highest BCUT2D eigenvalue weighted by molar-refractivity contribution is 6.38. The lowest BCUT2D eigenvalue weighted by molar-refractivity contribution is -0.384. The Labute approximate surface area is 100 Å². The Morgan fingerprint density at radius 3 is 2.59 bits per heavy atom. The average Bonchev–Trinajstić information content (AvgIpc) is 2.26. The topological polar surface area (TPSA) is 97.5 Å². The zero-order valence-electron chi connectivity index (χ0n) is 8.29. The number of nitrogens with zero attached hydrogens (tertiary/aromatic N) is 1. The predicted octanol–water partition coefficient (Wildman–Crippen LogP) is 1.92. The predicted molar refractivity (Wildman–Crippen MR) is 59.8 cm³/mol. The van der Waals surface area contributed by atoms with Crippen LogP contribution in [0.15, 0.2) is 24.3 Å². The summed E-state index contributed by atoms with van der Waals surface area (Å²) >= 11 is 5.73. The number of hydrogen-bond acceptors (Lipinski definition) is 4. The molecular formula is C10H6ClNO5. The molecule has 0 aliphatic rings. The highest BCUT2D eigenvalue weighted by Crippen LogP contribution is 2.23. The van der Waals surface area contributed by atoms with Gasteiger partial charge in [0, 0.05) is 17.2 Å². The SMILES string of the molecule is O=C(O)C(=O)/C=C/c1cc([N+](=O)[O-])ccc1Cl. The van der Waals surface area contributed by atoms with E-state index in [1.54, 1.807) is 0 Å². The van der Waals surface area contributed by atoms with Gasteiger partial charge in [0.05, 0.1) is 4.92 Å². The number of nitro benzene ring substituents is 1. The number of hydrogen-bond donors (Lipinski definition) is 1. The van der Waals surface area contributed by atoms with E-state index < -0.39 is 16.7 Å². The van der Waals surface area contributed by atoms with Crippen molar-refractivity contribution in [3.63, 3.8) is 0 Å². The van der Waals surface area contributed by atoms with Gasteiger partial charge in [-0.3, -0.25) is 14.9 Å². The third-order valence-electron chi connectivity index (χ3n) is 1.82. The van der Waals surface area contributed by atoms with Gasteiger partial charge < -0.3 is 5.11 Å². The first-order valence-electron chi connectivity index (χ1n) is 4.31. The second kappa shape index (κ2) is 5.22. The van der Waals surface area contributed by atoms with Gasteiger partial charge in [-0.1, -0.05) is 11.6 Å². The Bertz CT molecular complexity index is 523. The molecule has 0 saturated heterocycles. The molecule has 0 fully saturated rings. The van der Waals surface area contributed by atoms with Gasteiger partial charge >= 0.3 is 5.97 Å². The van der Waals surface area contributed by atoms with Crippen molar-refractivity contribution in [3.05, 3.63) is 45.0 Å². The maximum atomic E-state index is 10.8. The van der Waals surface area contributed by atoms with E-state index in [1.165, 1.54) is 12.1 Å². The number of nitro groups is 1. The van der Waals surface area contributed by atoms with E-state index in [0.29, 0.717) is 0 Å². The Kier molecular flexibility index (Phi) is 3.95. The van der Waals surface area contributed by atoms with Crippen molar-refractivity contribution in [1.29, 1.82) is 0 Å². The quantitative estimate of drug-likeness (QED) is 0.384. The summed E-state index contributed by atoms with van der Waals surface area (Å²) in [6.07, 6.45) is 1.90. The lowest BCUT2D eigenvalue weighted by atomic mass is 10.1. The van der Waals surface area contributed by atoms with Crippen LogP contribution in [0.5, 0.6) is 0 Å². The van der Waals surface area contributed by atoms with Gasteiger partial charge in [0.2, 0.25) is 0 Å². The van der Waals surface area contributed by atoms with Crippen LogP contribution in [-0.4, -0.2) is 21.8 Å². The number of carbonyl (C=O) groups is 2. The zero-order valence-corrected chi connectivity index (χ0v) is 9.05. The van der Waals surface area contributed by atoms with Crippen LogP contribution in [0.1, 0.15) is 5.56 Å². The van der Waals surface area contributed by atoms with E-state index in [9.17, 15) is 19.7 Å². The lowest BCUT2D eigenvalue weighted by Crippen LogP contribution is -2.08. The second-order valence-electron chi connectivity index (χ2n) is 2.97. The highest BCUT2D eigenvalue weighted by Gasteiger charge is 2.10. The van der Waals surface area contributed by atoms with Crippen LogP contribution in [0.2, 0.25) is 5.02 Å². The molecule has 0 aliphatic carbocycles. The molecule has 6 nitrogen and oxygen atoms in total. The van der Waals surface area contributed by atoms with Crippen molar-refractivity contribution in [3.8, 4) is 0 Å². The number of non-ortho nitro benzene ring substituents is 1. The standard InChI is InChI=1S/C10H6ClNO5/c11-8-3-2-7(12(16)17)5-6(8)1-4-9(13)10(14)15/h1-5H,(H,14,15)/b4-1+. The van der Waals surface area contributed by atoms with Gasteiger partial charge in [-0.2, -0.15) is 0 Å². The maximum Gasteiger partial charge on any atom is 0.376 e. The van der Waals surface area contributed by atoms with Crippen LogP contribution >= 0.6 is 11.6 Å². The fourth-order valence-electron chi connectivity index (χ4n) is 1.01. The van der Waals surface area contributed by atoms with Crippen LogP contribution in [-0.2, 0) is 9.59 Å². The summed E-state index contributed by atoms with van der Waals surface area (Å²) < 4.78 is 0. The third-order valence-corrected chi connectivity index (χ3v) is 2.16.